The molecule has 1 unspecified atom stereocenters. The third kappa shape index (κ3) is 3.50. The average Bonchev–Trinajstić information content (AvgIpc) is 3.40. The van der Waals surface area contributed by atoms with Gasteiger partial charge in [-0.3, -0.25) is 4.79 Å². The predicted molar refractivity (Wildman–Crippen MR) is 102 cm³/mol. The third-order valence-electron chi connectivity index (χ3n) is 4.72. The van der Waals surface area contributed by atoms with Crippen LogP contribution >= 0.6 is 11.6 Å². The summed E-state index contributed by atoms with van der Waals surface area (Å²) in [5, 5.41) is 10.8. The van der Waals surface area contributed by atoms with Crippen LogP contribution in [0.15, 0.2) is 59.8 Å². The fraction of sp³-hybridized carbons (Fsp3) is 0.222. The summed E-state index contributed by atoms with van der Waals surface area (Å²) in [6.45, 7) is 0.532. The summed E-state index contributed by atoms with van der Waals surface area (Å²) < 4.78 is 27.2. The minimum Gasteiger partial charge on any atom is -0.337 e. The van der Waals surface area contributed by atoms with Crippen molar-refractivity contribution < 1.29 is 13.2 Å². The monoisotopic (exact) mass is 417 g/mol. The number of rotatable bonds is 4. The summed E-state index contributed by atoms with van der Waals surface area (Å²) >= 11 is 5.84. The Kier molecular flexibility index (Phi) is 4.86. The van der Waals surface area contributed by atoms with E-state index in [0.717, 1.165) is 0 Å². The molecule has 1 amide bonds. The molecule has 28 heavy (non-hydrogen) atoms. The molecule has 0 radical (unpaired) electrons. The minimum atomic E-state index is -3.53. The second kappa shape index (κ2) is 7.33. The van der Waals surface area contributed by atoms with Crippen LogP contribution in [0.25, 0.3) is 5.69 Å². The Labute approximate surface area is 166 Å². The molecule has 0 spiro atoms. The zero-order valence-electron chi connectivity index (χ0n) is 14.6. The van der Waals surface area contributed by atoms with Crippen molar-refractivity contribution in [2.45, 2.75) is 16.6 Å². The normalized spacial score (nSPS) is 17.0. The molecule has 1 aliphatic rings. The summed E-state index contributed by atoms with van der Waals surface area (Å²) in [6, 6.07) is 13.0. The summed E-state index contributed by atoms with van der Waals surface area (Å²) in [7, 11) is -3.53. The fourth-order valence-electron chi connectivity index (χ4n) is 3.23. The molecule has 1 fully saturated rings. The van der Waals surface area contributed by atoms with Crippen LogP contribution in [0.5, 0.6) is 0 Å². The van der Waals surface area contributed by atoms with Crippen LogP contribution in [0.1, 0.15) is 16.8 Å². The van der Waals surface area contributed by atoms with Crippen molar-refractivity contribution >= 4 is 27.3 Å². The maximum Gasteiger partial charge on any atom is 0.253 e. The van der Waals surface area contributed by atoms with Gasteiger partial charge in [0, 0.05) is 23.7 Å². The van der Waals surface area contributed by atoms with Crippen molar-refractivity contribution in [2.75, 3.05) is 13.1 Å². The Balaban J connectivity index is 1.52. The van der Waals surface area contributed by atoms with Crippen LogP contribution in [0.4, 0.5) is 0 Å². The number of halogens is 1. The van der Waals surface area contributed by atoms with Gasteiger partial charge < -0.3 is 4.90 Å². The van der Waals surface area contributed by atoms with E-state index in [1.54, 1.807) is 41.3 Å². The first-order chi connectivity index (χ1) is 13.4. The molecule has 1 atom stereocenters. The number of tetrazole rings is 1. The van der Waals surface area contributed by atoms with E-state index in [1.165, 1.54) is 23.1 Å². The molecule has 144 valence electrons. The second-order valence-electron chi connectivity index (χ2n) is 6.47. The lowest BCUT2D eigenvalue weighted by Gasteiger charge is -2.17. The third-order valence-corrected chi connectivity index (χ3v) is 7.16. The standard InChI is InChI=1S/C18H16ClN5O3S/c19-14-4-6-16(7-5-14)28(26,27)17-8-9-23(11-17)18(25)13-2-1-3-15(10-13)24-12-20-21-22-24/h1-7,10,12,17H,8-9,11H2. The van der Waals surface area contributed by atoms with Crippen molar-refractivity contribution in [2.24, 2.45) is 0 Å². The molecule has 1 saturated heterocycles. The van der Waals surface area contributed by atoms with Gasteiger partial charge in [-0.15, -0.1) is 5.10 Å². The number of carbonyl (C=O) groups excluding carboxylic acids is 1. The molecule has 1 aliphatic heterocycles. The van der Waals surface area contributed by atoms with Crippen LogP contribution in [0, 0.1) is 0 Å². The Morgan fingerprint density at radius 3 is 2.64 bits per heavy atom. The highest BCUT2D eigenvalue weighted by Gasteiger charge is 2.36. The first-order valence-corrected chi connectivity index (χ1v) is 10.5. The van der Waals surface area contributed by atoms with E-state index in [4.69, 9.17) is 11.6 Å². The van der Waals surface area contributed by atoms with Crippen molar-refractivity contribution in [3.63, 3.8) is 0 Å². The second-order valence-corrected chi connectivity index (χ2v) is 9.13. The maximum absolute atomic E-state index is 12.9. The molecule has 3 aromatic rings. The van der Waals surface area contributed by atoms with Gasteiger partial charge in [-0.05, 0) is 59.3 Å². The van der Waals surface area contributed by atoms with Gasteiger partial charge in [0.15, 0.2) is 9.84 Å². The molecule has 2 heterocycles. The first kappa shape index (κ1) is 18.6. The zero-order valence-corrected chi connectivity index (χ0v) is 16.2. The van der Waals surface area contributed by atoms with Gasteiger partial charge >= 0.3 is 0 Å². The zero-order chi connectivity index (χ0) is 19.7. The Morgan fingerprint density at radius 1 is 1.14 bits per heavy atom. The topological polar surface area (TPSA) is 98.1 Å². The number of hydrogen-bond donors (Lipinski definition) is 0. The number of aromatic nitrogens is 4. The summed E-state index contributed by atoms with van der Waals surface area (Å²) in [5.74, 6) is -0.219. The molecule has 0 N–H and O–H groups in total. The summed E-state index contributed by atoms with van der Waals surface area (Å²) in [5.41, 5.74) is 1.11. The predicted octanol–water partition coefficient (Wildman–Crippen LogP) is 2.00. The molecule has 2 aromatic carbocycles. The lowest BCUT2D eigenvalue weighted by atomic mass is 10.2. The maximum atomic E-state index is 12.9. The Morgan fingerprint density at radius 2 is 1.93 bits per heavy atom. The first-order valence-electron chi connectivity index (χ1n) is 8.57. The van der Waals surface area contributed by atoms with Gasteiger partial charge in [0.2, 0.25) is 0 Å². The number of likely N-dealkylation sites (tertiary alicyclic amines) is 1. The van der Waals surface area contributed by atoms with Crippen molar-refractivity contribution in [1.82, 2.24) is 25.1 Å². The molecule has 1 aromatic heterocycles. The average molecular weight is 418 g/mol. The Bertz CT molecular complexity index is 1100. The molecular formula is C18H16ClN5O3S. The van der Waals surface area contributed by atoms with Gasteiger partial charge in [0.25, 0.3) is 5.91 Å². The van der Waals surface area contributed by atoms with E-state index in [0.29, 0.717) is 29.2 Å². The van der Waals surface area contributed by atoms with E-state index >= 15 is 0 Å². The van der Waals surface area contributed by atoms with Crippen LogP contribution < -0.4 is 0 Å². The van der Waals surface area contributed by atoms with Gasteiger partial charge in [0.05, 0.1) is 15.8 Å². The fourth-order valence-corrected chi connectivity index (χ4v) is 5.04. The SMILES string of the molecule is O=C(c1cccc(-n2cnnn2)c1)N1CCC(S(=O)(=O)c2ccc(Cl)cc2)C1. The van der Waals surface area contributed by atoms with Crippen molar-refractivity contribution in [1.29, 1.82) is 0 Å². The van der Waals surface area contributed by atoms with Crippen molar-refractivity contribution in [3.8, 4) is 5.69 Å². The highest BCUT2D eigenvalue weighted by molar-refractivity contribution is 7.92. The van der Waals surface area contributed by atoms with Crippen molar-refractivity contribution in [3.05, 3.63) is 65.4 Å². The highest BCUT2D eigenvalue weighted by atomic mass is 35.5. The molecule has 0 aliphatic carbocycles. The van der Waals surface area contributed by atoms with E-state index < -0.39 is 15.1 Å². The van der Waals surface area contributed by atoms with Crippen LogP contribution in [-0.4, -0.2) is 57.8 Å². The highest BCUT2D eigenvalue weighted by Crippen LogP contribution is 2.26. The number of sulfone groups is 1. The number of amides is 1. The molecule has 0 saturated carbocycles. The van der Waals surface area contributed by atoms with Gasteiger partial charge in [-0.25, -0.2) is 13.1 Å². The lowest BCUT2D eigenvalue weighted by Crippen LogP contribution is -2.32. The largest absolute Gasteiger partial charge is 0.337 e. The Hall–Kier alpha value is -2.78. The van der Waals surface area contributed by atoms with E-state index in [1.807, 2.05) is 0 Å². The molecule has 4 rings (SSSR count). The number of benzene rings is 2. The molecule has 0 bridgehead atoms. The van der Waals surface area contributed by atoms with Crippen LogP contribution in [0.2, 0.25) is 5.02 Å². The molecule has 8 nitrogen and oxygen atoms in total. The molecule has 10 heteroatoms. The minimum absolute atomic E-state index is 0.152. The van der Waals surface area contributed by atoms with Crippen LogP contribution in [0.3, 0.4) is 0 Å². The molecular weight excluding hydrogens is 402 g/mol. The van der Waals surface area contributed by atoms with Gasteiger partial charge in [-0.2, -0.15) is 0 Å². The lowest BCUT2D eigenvalue weighted by molar-refractivity contribution is 0.0793. The van der Waals surface area contributed by atoms with Gasteiger partial charge in [-0.1, -0.05) is 17.7 Å². The van der Waals surface area contributed by atoms with E-state index in [-0.39, 0.29) is 17.3 Å². The number of nitrogens with zero attached hydrogens (tertiary/aromatic N) is 5. The summed E-state index contributed by atoms with van der Waals surface area (Å²) in [4.78, 5) is 14.7. The van der Waals surface area contributed by atoms with E-state index in [9.17, 15) is 13.2 Å². The number of hydrogen-bond acceptors (Lipinski definition) is 6. The quantitative estimate of drug-likeness (QED) is 0.644. The van der Waals surface area contributed by atoms with Crippen LogP contribution in [-0.2, 0) is 9.84 Å². The summed E-state index contributed by atoms with van der Waals surface area (Å²) in [6.07, 6.45) is 1.83. The smallest absolute Gasteiger partial charge is 0.253 e. The van der Waals surface area contributed by atoms with E-state index in [2.05, 4.69) is 15.5 Å². The number of carbonyl (C=O) groups is 1. The van der Waals surface area contributed by atoms with Gasteiger partial charge in [0.1, 0.15) is 6.33 Å².